The number of nitrogens with zero attached hydrogens (tertiary/aromatic N) is 5. The van der Waals surface area contributed by atoms with E-state index in [0.29, 0.717) is 38.4 Å². The second-order valence-electron chi connectivity index (χ2n) is 10.2. The molecule has 3 aromatic carbocycles. The van der Waals surface area contributed by atoms with Gasteiger partial charge in [-0.2, -0.15) is 0 Å². The lowest BCUT2D eigenvalue weighted by Gasteiger charge is -2.22. The summed E-state index contributed by atoms with van der Waals surface area (Å²) < 4.78 is 7.69. The molecule has 1 N–H and O–H groups in total. The number of imidazole rings is 1. The van der Waals surface area contributed by atoms with Gasteiger partial charge in [-0.05, 0) is 53.1 Å². The number of carbonyl (C=O) groups excluding carboxylic acids is 2. The highest BCUT2D eigenvalue weighted by molar-refractivity contribution is 8.00. The minimum absolute atomic E-state index is 0.0471. The summed E-state index contributed by atoms with van der Waals surface area (Å²) in [6, 6.07) is 26.0. The van der Waals surface area contributed by atoms with Crippen molar-refractivity contribution in [1.29, 1.82) is 0 Å². The smallest absolute Gasteiger partial charge is 0.301 e. The van der Waals surface area contributed by atoms with E-state index in [4.69, 9.17) is 4.74 Å². The van der Waals surface area contributed by atoms with Gasteiger partial charge in [-0.25, -0.2) is 4.98 Å². The lowest BCUT2D eigenvalue weighted by atomic mass is 9.96. The molecular weight excluding hydrogens is 595 g/mol. The Morgan fingerprint density at radius 3 is 2.57 bits per heavy atom. The number of benzene rings is 3. The van der Waals surface area contributed by atoms with Crippen LogP contribution in [0.2, 0.25) is 0 Å². The maximum atomic E-state index is 13.7. The van der Waals surface area contributed by atoms with Gasteiger partial charge < -0.3 is 9.84 Å². The maximum Gasteiger partial charge on any atom is 0.301 e. The molecule has 218 valence electrons. The van der Waals surface area contributed by atoms with Crippen LogP contribution in [0.4, 0.5) is 5.13 Å². The number of methoxy groups -OCH3 is 1. The van der Waals surface area contributed by atoms with Crippen molar-refractivity contribution in [1.82, 2.24) is 19.6 Å². The van der Waals surface area contributed by atoms with Crippen LogP contribution in [0.3, 0.4) is 0 Å². The number of fused-ring (bicyclic) bond motifs is 2. The molecule has 6 aromatic rings. The standard InChI is InChI=1S/C33H25N5O4S2/c1-19-27(37-17-6-5-12-25(37)34-19)29(39)26-28(21-13-15-23(42-2)16-14-21)38(31(41)30(26)40)32-35-36-33(44-32)43-18-22-10-7-9-20-8-3-4-11-24(20)22/h3-17,28,39H,18H2,1-2H3. The van der Waals surface area contributed by atoms with Crippen molar-refractivity contribution in [2.75, 3.05) is 12.0 Å². The fraction of sp³-hybridized carbons (Fsp3) is 0.121. The third kappa shape index (κ3) is 4.70. The van der Waals surface area contributed by atoms with Crippen LogP contribution in [0.15, 0.2) is 101 Å². The number of rotatable bonds is 7. The molecule has 1 amide bonds. The van der Waals surface area contributed by atoms with Crippen molar-refractivity contribution in [2.24, 2.45) is 0 Å². The lowest BCUT2D eigenvalue weighted by Crippen LogP contribution is -2.29. The molecule has 1 aliphatic rings. The number of pyridine rings is 1. The van der Waals surface area contributed by atoms with E-state index in [-0.39, 0.29) is 16.5 Å². The quantitative estimate of drug-likeness (QED) is 0.0702. The molecule has 11 heteroatoms. The normalized spacial score (nSPS) is 16.3. The van der Waals surface area contributed by atoms with Gasteiger partial charge in [-0.1, -0.05) is 83.8 Å². The monoisotopic (exact) mass is 619 g/mol. The molecule has 44 heavy (non-hydrogen) atoms. The van der Waals surface area contributed by atoms with E-state index < -0.39 is 17.7 Å². The van der Waals surface area contributed by atoms with Gasteiger partial charge in [0.05, 0.1) is 24.4 Å². The fourth-order valence-corrected chi connectivity index (χ4v) is 7.45. The summed E-state index contributed by atoms with van der Waals surface area (Å²) >= 11 is 2.74. The van der Waals surface area contributed by atoms with Crippen molar-refractivity contribution >= 4 is 62.1 Å². The van der Waals surface area contributed by atoms with E-state index in [2.05, 4.69) is 39.4 Å². The Balaban J connectivity index is 1.29. The second kappa shape index (κ2) is 11.3. The minimum Gasteiger partial charge on any atom is -0.505 e. The average Bonchev–Trinajstić information content (AvgIpc) is 3.73. The van der Waals surface area contributed by atoms with Crippen molar-refractivity contribution in [3.8, 4) is 5.75 Å². The largest absolute Gasteiger partial charge is 0.505 e. The Labute approximate surface area is 260 Å². The van der Waals surface area contributed by atoms with E-state index in [1.54, 1.807) is 48.9 Å². The molecule has 0 radical (unpaired) electrons. The third-order valence-electron chi connectivity index (χ3n) is 7.64. The van der Waals surface area contributed by atoms with Crippen LogP contribution in [0.5, 0.6) is 5.75 Å². The van der Waals surface area contributed by atoms with Crippen molar-refractivity contribution in [2.45, 2.75) is 23.1 Å². The van der Waals surface area contributed by atoms with Crippen molar-refractivity contribution in [3.05, 3.63) is 119 Å². The molecule has 0 saturated carbocycles. The van der Waals surface area contributed by atoms with Gasteiger partial charge in [-0.15, -0.1) is 10.2 Å². The number of amides is 1. The number of hydrogen-bond acceptors (Lipinski definition) is 9. The summed E-state index contributed by atoms with van der Waals surface area (Å²) in [5.41, 5.74) is 3.20. The number of ether oxygens (including phenoxy) is 1. The number of Topliss-reactive ketones (excluding diaryl/α,β-unsaturated/α-hetero) is 1. The van der Waals surface area contributed by atoms with Gasteiger partial charge in [0.1, 0.15) is 17.1 Å². The van der Waals surface area contributed by atoms with E-state index in [0.717, 1.165) is 10.9 Å². The SMILES string of the molecule is COc1ccc(C2C(=C(O)c3c(C)nc4ccccn34)C(=O)C(=O)N2c2nnc(SCc3cccc4ccccc34)s2)cc1. The highest BCUT2D eigenvalue weighted by atomic mass is 32.2. The maximum absolute atomic E-state index is 13.7. The molecule has 9 nitrogen and oxygen atoms in total. The van der Waals surface area contributed by atoms with Crippen LogP contribution in [0.25, 0.3) is 22.2 Å². The molecule has 3 aromatic heterocycles. The number of carbonyl (C=O) groups is 2. The molecule has 1 aliphatic heterocycles. The molecular formula is C33H25N5O4S2. The zero-order chi connectivity index (χ0) is 30.4. The summed E-state index contributed by atoms with van der Waals surface area (Å²) in [4.78, 5) is 33.3. The Bertz CT molecular complexity index is 2100. The summed E-state index contributed by atoms with van der Waals surface area (Å²) in [7, 11) is 1.56. The molecule has 1 saturated heterocycles. The third-order valence-corrected chi connectivity index (χ3v) is 9.74. The predicted molar refractivity (Wildman–Crippen MR) is 171 cm³/mol. The molecule has 0 spiro atoms. The van der Waals surface area contributed by atoms with Gasteiger partial charge >= 0.3 is 5.91 Å². The molecule has 0 aliphatic carbocycles. The van der Waals surface area contributed by atoms with Crippen LogP contribution in [0.1, 0.15) is 28.6 Å². The van der Waals surface area contributed by atoms with Crippen molar-refractivity contribution < 1.29 is 19.4 Å². The lowest BCUT2D eigenvalue weighted by molar-refractivity contribution is -0.132. The molecule has 1 atom stereocenters. The van der Waals surface area contributed by atoms with Crippen LogP contribution >= 0.6 is 23.1 Å². The summed E-state index contributed by atoms with van der Waals surface area (Å²) in [5.74, 6) is -0.636. The summed E-state index contributed by atoms with van der Waals surface area (Å²) in [6.07, 6.45) is 1.76. The zero-order valence-electron chi connectivity index (χ0n) is 23.7. The molecule has 1 fully saturated rings. The number of thioether (sulfide) groups is 1. The number of ketones is 1. The highest BCUT2D eigenvalue weighted by Gasteiger charge is 2.49. The topological polar surface area (TPSA) is 110 Å². The van der Waals surface area contributed by atoms with E-state index >= 15 is 0 Å². The number of aromatic nitrogens is 4. The van der Waals surface area contributed by atoms with Gasteiger partial charge in [0.15, 0.2) is 10.1 Å². The van der Waals surface area contributed by atoms with Gasteiger partial charge in [0, 0.05) is 11.9 Å². The Hall–Kier alpha value is -5.00. The minimum atomic E-state index is -0.946. The second-order valence-corrected chi connectivity index (χ2v) is 12.4. The molecule has 1 unspecified atom stereocenters. The predicted octanol–water partition coefficient (Wildman–Crippen LogP) is 6.57. The first kappa shape index (κ1) is 27.8. The van der Waals surface area contributed by atoms with Crippen LogP contribution < -0.4 is 9.64 Å². The number of aliphatic hydroxyl groups excluding tert-OH is 1. The first-order chi connectivity index (χ1) is 21.4. The van der Waals surface area contributed by atoms with Gasteiger partial charge in [-0.3, -0.25) is 18.9 Å². The average molecular weight is 620 g/mol. The summed E-state index contributed by atoms with van der Waals surface area (Å²) in [5, 5.41) is 23.0. The van der Waals surface area contributed by atoms with Crippen LogP contribution in [-0.2, 0) is 15.3 Å². The van der Waals surface area contributed by atoms with E-state index in [9.17, 15) is 14.7 Å². The van der Waals surface area contributed by atoms with Crippen LogP contribution in [-0.4, -0.2) is 43.5 Å². The molecule has 0 bridgehead atoms. The Kier molecular flexibility index (Phi) is 7.11. The van der Waals surface area contributed by atoms with Gasteiger partial charge in [0.2, 0.25) is 5.13 Å². The van der Waals surface area contributed by atoms with Crippen LogP contribution in [0, 0.1) is 6.92 Å². The van der Waals surface area contributed by atoms with Gasteiger partial charge in [0.25, 0.3) is 5.78 Å². The first-order valence-corrected chi connectivity index (χ1v) is 15.6. The highest BCUT2D eigenvalue weighted by Crippen LogP contribution is 2.44. The Morgan fingerprint density at radius 1 is 0.977 bits per heavy atom. The van der Waals surface area contributed by atoms with E-state index in [1.807, 2.05) is 36.4 Å². The number of aliphatic hydroxyl groups is 1. The molecule has 7 rings (SSSR count). The number of anilines is 1. The number of aryl methyl sites for hydroxylation is 1. The fourth-order valence-electron chi connectivity index (χ4n) is 5.57. The zero-order valence-corrected chi connectivity index (χ0v) is 25.3. The number of hydrogen-bond donors (Lipinski definition) is 1. The van der Waals surface area contributed by atoms with Crippen molar-refractivity contribution in [3.63, 3.8) is 0 Å². The summed E-state index contributed by atoms with van der Waals surface area (Å²) in [6.45, 7) is 1.75. The molecule has 4 heterocycles. The first-order valence-electron chi connectivity index (χ1n) is 13.8. The van der Waals surface area contributed by atoms with E-state index in [1.165, 1.54) is 33.4 Å². The Morgan fingerprint density at radius 2 is 1.75 bits per heavy atom.